The highest BCUT2D eigenvalue weighted by Crippen LogP contribution is 2.34. The van der Waals surface area contributed by atoms with Crippen LogP contribution < -0.4 is 10.6 Å². The Kier molecular flexibility index (Phi) is 10.8. The molecule has 1 aromatic heterocycles. The van der Waals surface area contributed by atoms with Gasteiger partial charge in [0.2, 0.25) is 0 Å². The van der Waals surface area contributed by atoms with Crippen molar-refractivity contribution in [2.45, 2.75) is 57.2 Å². The zero-order valence-electron chi connectivity index (χ0n) is 18.0. The number of nitrogens with zero attached hydrogens (tertiary/aromatic N) is 3. The molecule has 1 aromatic rings. The van der Waals surface area contributed by atoms with Crippen LogP contribution >= 0.6 is 35.3 Å². The van der Waals surface area contributed by atoms with Gasteiger partial charge in [-0.05, 0) is 19.8 Å². The number of nitrogens with one attached hydrogen (secondary N) is 2. The van der Waals surface area contributed by atoms with Gasteiger partial charge >= 0.3 is 6.18 Å². The first-order valence-electron chi connectivity index (χ1n) is 10.8. The van der Waals surface area contributed by atoms with E-state index in [1.54, 1.807) is 0 Å². The van der Waals surface area contributed by atoms with Gasteiger partial charge in [-0.25, -0.2) is 4.98 Å². The molecule has 11 heteroatoms. The molecule has 2 heterocycles. The van der Waals surface area contributed by atoms with Crippen molar-refractivity contribution in [3.05, 3.63) is 16.1 Å². The van der Waals surface area contributed by atoms with E-state index >= 15 is 0 Å². The van der Waals surface area contributed by atoms with Gasteiger partial charge in [0.15, 0.2) is 11.7 Å². The SMILES string of the molecule is CCNC(=NCC1(N2CCOCC2)CCCCC1)NCCc1nc(C(F)(F)F)cs1.I. The van der Waals surface area contributed by atoms with Gasteiger partial charge in [-0.15, -0.1) is 35.3 Å². The third kappa shape index (κ3) is 7.71. The van der Waals surface area contributed by atoms with Crippen LogP contribution in [0.5, 0.6) is 0 Å². The van der Waals surface area contributed by atoms with Crippen molar-refractivity contribution in [2.24, 2.45) is 4.99 Å². The Morgan fingerprint density at radius 2 is 1.94 bits per heavy atom. The fraction of sp³-hybridized carbons (Fsp3) is 0.800. The minimum atomic E-state index is -4.38. The van der Waals surface area contributed by atoms with Crippen LogP contribution in [-0.4, -0.2) is 67.3 Å². The number of halogens is 4. The average Bonchev–Trinajstić information content (AvgIpc) is 3.23. The standard InChI is InChI=1S/C20H32F3N5OS.HI/c1-2-24-18(25-9-6-17-27-16(14-30-17)20(21,22)23)26-15-19(7-4-3-5-8-19)28-10-12-29-13-11-28;/h14H,2-13,15H2,1H3,(H2,24,25,26);1H. The number of alkyl halides is 3. The van der Waals surface area contributed by atoms with Gasteiger partial charge in [-0.3, -0.25) is 9.89 Å². The fourth-order valence-corrected chi connectivity index (χ4v) is 5.04. The van der Waals surface area contributed by atoms with Gasteiger partial charge in [0.05, 0.1) is 24.8 Å². The lowest BCUT2D eigenvalue weighted by molar-refractivity contribution is -0.140. The summed E-state index contributed by atoms with van der Waals surface area (Å²) in [5.41, 5.74) is -0.728. The van der Waals surface area contributed by atoms with Crippen molar-refractivity contribution in [3.8, 4) is 0 Å². The smallest absolute Gasteiger partial charge is 0.379 e. The van der Waals surface area contributed by atoms with Gasteiger partial charge in [-0.1, -0.05) is 19.3 Å². The Hall–Kier alpha value is -0.660. The first-order chi connectivity index (χ1) is 14.4. The highest BCUT2D eigenvalue weighted by atomic mass is 127. The minimum absolute atomic E-state index is 0. The van der Waals surface area contributed by atoms with E-state index < -0.39 is 11.9 Å². The number of hydrogen-bond donors (Lipinski definition) is 2. The van der Waals surface area contributed by atoms with Crippen molar-refractivity contribution in [1.29, 1.82) is 0 Å². The molecule has 2 N–H and O–H groups in total. The lowest BCUT2D eigenvalue weighted by atomic mass is 9.80. The second-order valence-corrected chi connectivity index (χ2v) is 8.82. The molecule has 0 spiro atoms. The lowest BCUT2D eigenvalue weighted by Gasteiger charge is -2.47. The van der Waals surface area contributed by atoms with Gasteiger partial charge in [0.25, 0.3) is 0 Å². The molecular formula is C20H33F3IN5OS. The molecule has 1 saturated carbocycles. The molecule has 1 aliphatic carbocycles. The van der Waals surface area contributed by atoms with E-state index in [2.05, 4.69) is 20.5 Å². The Morgan fingerprint density at radius 3 is 2.55 bits per heavy atom. The molecule has 0 aromatic carbocycles. The Labute approximate surface area is 203 Å². The number of rotatable bonds is 7. The number of aromatic nitrogens is 1. The molecule has 2 fully saturated rings. The number of morpholine rings is 1. The zero-order chi connectivity index (χ0) is 21.5. The number of guanidine groups is 1. The molecule has 0 unspecified atom stereocenters. The molecule has 6 nitrogen and oxygen atoms in total. The minimum Gasteiger partial charge on any atom is -0.379 e. The second kappa shape index (κ2) is 12.5. The van der Waals surface area contributed by atoms with Crippen LogP contribution in [0.15, 0.2) is 10.4 Å². The predicted octanol–water partition coefficient (Wildman–Crippen LogP) is 3.91. The van der Waals surface area contributed by atoms with Crippen molar-refractivity contribution < 1.29 is 17.9 Å². The number of hydrogen-bond acceptors (Lipinski definition) is 5. The molecule has 1 aliphatic heterocycles. The topological polar surface area (TPSA) is 61.8 Å². The number of thiazole rings is 1. The molecule has 0 radical (unpaired) electrons. The maximum Gasteiger partial charge on any atom is 0.434 e. The Bertz CT molecular complexity index is 689. The summed E-state index contributed by atoms with van der Waals surface area (Å²) in [5.74, 6) is 0.711. The van der Waals surface area contributed by atoms with Crippen molar-refractivity contribution in [2.75, 3.05) is 45.9 Å². The Morgan fingerprint density at radius 1 is 1.23 bits per heavy atom. The van der Waals surface area contributed by atoms with E-state index in [1.165, 1.54) is 19.3 Å². The summed E-state index contributed by atoms with van der Waals surface area (Å²) in [7, 11) is 0. The average molecular weight is 575 g/mol. The molecule has 0 atom stereocenters. The molecule has 3 rings (SSSR count). The number of ether oxygens (including phenoxy) is 1. The quantitative estimate of drug-likeness (QED) is 0.294. The van der Waals surface area contributed by atoms with E-state index in [9.17, 15) is 13.2 Å². The van der Waals surface area contributed by atoms with Crippen molar-refractivity contribution in [3.63, 3.8) is 0 Å². The van der Waals surface area contributed by atoms with Gasteiger partial charge in [0, 0.05) is 43.5 Å². The molecule has 0 amide bonds. The van der Waals surface area contributed by atoms with Crippen LogP contribution in [-0.2, 0) is 17.3 Å². The first-order valence-corrected chi connectivity index (χ1v) is 11.7. The van der Waals surface area contributed by atoms with Gasteiger partial charge in [0.1, 0.15) is 0 Å². The van der Waals surface area contributed by atoms with Gasteiger partial charge < -0.3 is 15.4 Å². The first kappa shape index (κ1) is 26.6. The third-order valence-corrected chi connectivity index (χ3v) is 6.72. The lowest BCUT2D eigenvalue weighted by Crippen LogP contribution is -2.56. The summed E-state index contributed by atoms with van der Waals surface area (Å²) in [6.45, 7) is 7.39. The van der Waals surface area contributed by atoms with Gasteiger partial charge in [-0.2, -0.15) is 13.2 Å². The summed E-state index contributed by atoms with van der Waals surface area (Å²) in [6.07, 6.45) is 2.07. The highest BCUT2D eigenvalue weighted by molar-refractivity contribution is 14.0. The van der Waals surface area contributed by atoms with Crippen LogP contribution in [0, 0.1) is 0 Å². The zero-order valence-corrected chi connectivity index (χ0v) is 21.1. The summed E-state index contributed by atoms with van der Waals surface area (Å²) in [4.78, 5) is 11.1. The van der Waals surface area contributed by atoms with E-state index in [0.717, 1.165) is 69.0 Å². The van der Waals surface area contributed by atoms with Crippen molar-refractivity contribution in [1.82, 2.24) is 20.5 Å². The predicted molar refractivity (Wildman–Crippen MR) is 128 cm³/mol. The third-order valence-electron chi connectivity index (χ3n) is 5.82. The molecular weight excluding hydrogens is 542 g/mol. The molecule has 1 saturated heterocycles. The van der Waals surface area contributed by atoms with Crippen LogP contribution in [0.3, 0.4) is 0 Å². The highest BCUT2D eigenvalue weighted by Gasteiger charge is 2.38. The normalized spacial score (nSPS) is 20.2. The van der Waals surface area contributed by atoms with E-state index in [1.807, 2.05) is 6.92 Å². The fourth-order valence-electron chi connectivity index (χ4n) is 4.23. The second-order valence-electron chi connectivity index (χ2n) is 7.88. The molecule has 178 valence electrons. The van der Waals surface area contributed by atoms with E-state index in [0.29, 0.717) is 23.9 Å². The summed E-state index contributed by atoms with van der Waals surface area (Å²) in [6, 6.07) is 0. The summed E-state index contributed by atoms with van der Waals surface area (Å²) in [5, 5.41) is 8.06. The monoisotopic (exact) mass is 575 g/mol. The largest absolute Gasteiger partial charge is 0.434 e. The van der Waals surface area contributed by atoms with E-state index in [-0.39, 0.29) is 29.5 Å². The number of aliphatic imine (C=N–C) groups is 1. The Balaban J connectivity index is 0.00000341. The molecule has 2 aliphatic rings. The molecule has 31 heavy (non-hydrogen) atoms. The van der Waals surface area contributed by atoms with Crippen LogP contribution in [0.25, 0.3) is 0 Å². The molecule has 0 bridgehead atoms. The van der Waals surface area contributed by atoms with Crippen LogP contribution in [0.2, 0.25) is 0 Å². The van der Waals surface area contributed by atoms with E-state index in [4.69, 9.17) is 9.73 Å². The summed E-state index contributed by atoms with van der Waals surface area (Å²) < 4.78 is 43.7. The van der Waals surface area contributed by atoms with Crippen molar-refractivity contribution >= 4 is 41.3 Å². The maximum absolute atomic E-state index is 12.7. The maximum atomic E-state index is 12.7. The van der Waals surface area contributed by atoms with Crippen LogP contribution in [0.1, 0.15) is 49.7 Å². The summed E-state index contributed by atoms with van der Waals surface area (Å²) >= 11 is 1.05. The van der Waals surface area contributed by atoms with Crippen LogP contribution in [0.4, 0.5) is 13.2 Å².